The molecule has 0 saturated carbocycles. The molecular weight excluding hydrogens is 168 g/mol. The number of hydrogen-bond donors (Lipinski definition) is 0. The molecule has 2 fully saturated rings. The second-order valence-electron chi connectivity index (χ2n) is 3.88. The highest BCUT2D eigenvalue weighted by Crippen LogP contribution is 2.43. The van der Waals surface area contributed by atoms with E-state index in [1.807, 2.05) is 6.92 Å². The van der Waals surface area contributed by atoms with Crippen LogP contribution in [-0.4, -0.2) is 22.4 Å². The van der Waals surface area contributed by atoms with Crippen molar-refractivity contribution in [2.75, 3.05) is 0 Å². The van der Waals surface area contributed by atoms with Crippen molar-refractivity contribution in [1.29, 1.82) is 0 Å². The number of ether oxygens (including phenoxy) is 1. The molecule has 0 radical (unpaired) electrons. The second kappa shape index (κ2) is 2.54. The fraction of sp³-hybridized carbons (Fsp3) is 0.778. The van der Waals surface area contributed by atoms with Gasteiger partial charge >= 0.3 is 0 Å². The topological polar surface area (TPSA) is 48.2 Å². The van der Waals surface area contributed by atoms with Crippen molar-refractivity contribution in [2.45, 2.75) is 44.3 Å². The largest absolute Gasteiger partial charge is 0.425 e. The summed E-state index contributed by atoms with van der Waals surface area (Å²) in [6.07, 6.45) is 4.20. The predicted octanol–water partition coefficient (Wildman–Crippen LogP) is 1.41. The molecule has 0 spiro atoms. The average molecular weight is 180 g/mol. The van der Waals surface area contributed by atoms with Crippen molar-refractivity contribution >= 4 is 0 Å². The smallest absolute Gasteiger partial charge is 0.222 e. The predicted molar refractivity (Wildman–Crippen MR) is 44.3 cm³/mol. The SMILES string of the molecule is Cc1nnc([C@@H]2C[C@H]3CC[C@@H]2O3)o1. The van der Waals surface area contributed by atoms with Crippen molar-refractivity contribution < 1.29 is 9.15 Å². The summed E-state index contributed by atoms with van der Waals surface area (Å²) in [5.41, 5.74) is 0. The Balaban J connectivity index is 1.87. The maximum atomic E-state index is 5.72. The number of nitrogens with zero attached hydrogens (tertiary/aromatic N) is 2. The summed E-state index contributed by atoms with van der Waals surface area (Å²) in [6, 6.07) is 0. The number of rotatable bonds is 1. The minimum absolute atomic E-state index is 0.338. The number of fused-ring (bicyclic) bond motifs is 2. The average Bonchev–Trinajstić information content (AvgIpc) is 2.77. The molecule has 4 nitrogen and oxygen atoms in total. The summed E-state index contributed by atoms with van der Waals surface area (Å²) in [6.45, 7) is 1.82. The van der Waals surface area contributed by atoms with Gasteiger partial charge in [-0.05, 0) is 19.3 Å². The van der Waals surface area contributed by atoms with Gasteiger partial charge in [0.05, 0.1) is 18.1 Å². The monoisotopic (exact) mass is 180 g/mol. The first-order valence-electron chi connectivity index (χ1n) is 4.78. The Kier molecular flexibility index (Phi) is 1.47. The van der Waals surface area contributed by atoms with E-state index in [4.69, 9.17) is 9.15 Å². The lowest BCUT2D eigenvalue weighted by molar-refractivity contribution is 0.0980. The quantitative estimate of drug-likeness (QED) is 0.655. The Morgan fingerprint density at radius 3 is 2.77 bits per heavy atom. The summed E-state index contributed by atoms with van der Waals surface area (Å²) in [5, 5.41) is 7.89. The van der Waals surface area contributed by atoms with Crippen LogP contribution in [0.5, 0.6) is 0 Å². The molecule has 2 bridgehead atoms. The minimum Gasteiger partial charge on any atom is -0.425 e. The second-order valence-corrected chi connectivity index (χ2v) is 3.88. The highest BCUT2D eigenvalue weighted by atomic mass is 16.5. The Bertz CT molecular complexity index is 323. The van der Waals surface area contributed by atoms with Gasteiger partial charge in [-0.2, -0.15) is 0 Å². The normalized spacial score (nSPS) is 37.2. The van der Waals surface area contributed by atoms with Gasteiger partial charge in [-0.25, -0.2) is 0 Å². The van der Waals surface area contributed by atoms with Gasteiger partial charge in [-0.1, -0.05) is 0 Å². The lowest BCUT2D eigenvalue weighted by atomic mass is 9.89. The van der Waals surface area contributed by atoms with Gasteiger partial charge in [0.25, 0.3) is 0 Å². The fourth-order valence-corrected chi connectivity index (χ4v) is 2.36. The lowest BCUT2D eigenvalue weighted by Gasteiger charge is -2.13. The summed E-state index contributed by atoms with van der Waals surface area (Å²) >= 11 is 0. The van der Waals surface area contributed by atoms with Crippen molar-refractivity contribution in [3.8, 4) is 0 Å². The van der Waals surface area contributed by atoms with Crippen LogP contribution in [0.3, 0.4) is 0 Å². The van der Waals surface area contributed by atoms with Crippen LogP contribution in [0.2, 0.25) is 0 Å². The highest BCUT2D eigenvalue weighted by molar-refractivity contribution is 5.04. The van der Waals surface area contributed by atoms with Crippen LogP contribution in [0.4, 0.5) is 0 Å². The van der Waals surface area contributed by atoms with Crippen LogP contribution in [0.1, 0.15) is 37.0 Å². The van der Waals surface area contributed by atoms with Gasteiger partial charge in [0, 0.05) is 6.92 Å². The standard InChI is InChI=1S/C9H12N2O2/c1-5-10-11-9(12-5)7-4-6-2-3-8(7)13-6/h6-8H,2-4H2,1H3/t6-,7-,8+/m1/s1. The van der Waals surface area contributed by atoms with Crippen LogP contribution >= 0.6 is 0 Å². The molecule has 3 rings (SSSR count). The third kappa shape index (κ3) is 1.09. The van der Waals surface area contributed by atoms with Gasteiger partial charge in [0.2, 0.25) is 11.8 Å². The Morgan fingerprint density at radius 2 is 2.23 bits per heavy atom. The van der Waals surface area contributed by atoms with Gasteiger partial charge in [0.1, 0.15) is 0 Å². The minimum atomic E-state index is 0.338. The summed E-state index contributed by atoms with van der Waals surface area (Å²) in [4.78, 5) is 0. The molecule has 2 aliphatic heterocycles. The molecule has 0 aliphatic carbocycles. The zero-order valence-electron chi connectivity index (χ0n) is 7.56. The van der Waals surface area contributed by atoms with E-state index in [1.54, 1.807) is 0 Å². The lowest BCUT2D eigenvalue weighted by Crippen LogP contribution is -2.14. The fourth-order valence-electron chi connectivity index (χ4n) is 2.36. The van der Waals surface area contributed by atoms with E-state index >= 15 is 0 Å². The van der Waals surface area contributed by atoms with Crippen molar-refractivity contribution in [3.05, 3.63) is 11.8 Å². The van der Waals surface area contributed by atoms with Gasteiger partial charge in [0.15, 0.2) is 0 Å². The highest BCUT2D eigenvalue weighted by Gasteiger charge is 2.43. The number of aromatic nitrogens is 2. The molecule has 0 N–H and O–H groups in total. The first-order chi connectivity index (χ1) is 6.33. The first-order valence-corrected chi connectivity index (χ1v) is 4.78. The summed E-state index contributed by atoms with van der Waals surface area (Å²) in [5.74, 6) is 1.78. The third-order valence-electron chi connectivity index (χ3n) is 2.96. The molecule has 13 heavy (non-hydrogen) atoms. The van der Waals surface area contributed by atoms with E-state index in [0.29, 0.717) is 24.0 Å². The molecule has 2 saturated heterocycles. The maximum Gasteiger partial charge on any atom is 0.222 e. The zero-order chi connectivity index (χ0) is 8.84. The molecule has 3 heterocycles. The van der Waals surface area contributed by atoms with Crippen LogP contribution in [-0.2, 0) is 4.74 Å². The molecular formula is C9H12N2O2. The molecule has 3 atom stereocenters. The van der Waals surface area contributed by atoms with E-state index in [0.717, 1.165) is 18.7 Å². The van der Waals surface area contributed by atoms with E-state index in [1.165, 1.54) is 6.42 Å². The van der Waals surface area contributed by atoms with Gasteiger partial charge in [-0.3, -0.25) is 0 Å². The molecule has 0 amide bonds. The van der Waals surface area contributed by atoms with E-state index in [-0.39, 0.29) is 0 Å². The molecule has 0 aromatic carbocycles. The Morgan fingerprint density at radius 1 is 1.31 bits per heavy atom. The Labute approximate surface area is 76.3 Å². The zero-order valence-corrected chi connectivity index (χ0v) is 7.56. The summed E-state index contributed by atoms with van der Waals surface area (Å²) < 4.78 is 11.1. The molecule has 0 unspecified atom stereocenters. The molecule has 1 aromatic heterocycles. The van der Waals surface area contributed by atoms with Gasteiger partial charge in [-0.15, -0.1) is 10.2 Å². The number of aryl methyl sites for hydroxylation is 1. The molecule has 4 heteroatoms. The molecule has 2 aliphatic rings. The van der Waals surface area contributed by atoms with E-state index < -0.39 is 0 Å². The van der Waals surface area contributed by atoms with E-state index in [9.17, 15) is 0 Å². The number of hydrogen-bond acceptors (Lipinski definition) is 4. The van der Waals surface area contributed by atoms with Gasteiger partial charge < -0.3 is 9.15 Å². The van der Waals surface area contributed by atoms with Crippen LogP contribution < -0.4 is 0 Å². The van der Waals surface area contributed by atoms with Crippen LogP contribution in [0, 0.1) is 6.92 Å². The van der Waals surface area contributed by atoms with Crippen LogP contribution in [0.25, 0.3) is 0 Å². The molecule has 70 valence electrons. The van der Waals surface area contributed by atoms with Crippen molar-refractivity contribution in [1.82, 2.24) is 10.2 Å². The van der Waals surface area contributed by atoms with Crippen molar-refractivity contribution in [3.63, 3.8) is 0 Å². The van der Waals surface area contributed by atoms with E-state index in [2.05, 4.69) is 10.2 Å². The Hall–Kier alpha value is -0.900. The van der Waals surface area contributed by atoms with Crippen LogP contribution in [0.15, 0.2) is 4.42 Å². The maximum absolute atomic E-state index is 5.72. The molecule has 1 aromatic rings. The summed E-state index contributed by atoms with van der Waals surface area (Å²) in [7, 11) is 0. The first kappa shape index (κ1) is 7.50. The van der Waals surface area contributed by atoms with Crippen molar-refractivity contribution in [2.24, 2.45) is 0 Å². The third-order valence-corrected chi connectivity index (χ3v) is 2.96.